The molecule has 82 valence electrons. The van der Waals surface area contributed by atoms with Gasteiger partial charge in [0, 0.05) is 18.0 Å². The van der Waals surface area contributed by atoms with Gasteiger partial charge < -0.3 is 10.1 Å². The van der Waals surface area contributed by atoms with Crippen LogP contribution < -0.4 is 5.32 Å². The van der Waals surface area contributed by atoms with Crippen LogP contribution in [0.5, 0.6) is 0 Å². The van der Waals surface area contributed by atoms with E-state index >= 15 is 0 Å². The van der Waals surface area contributed by atoms with Gasteiger partial charge in [0.1, 0.15) is 6.10 Å². The van der Waals surface area contributed by atoms with Crippen LogP contribution in [0, 0.1) is 6.92 Å². The third kappa shape index (κ3) is 3.04. The van der Waals surface area contributed by atoms with Crippen molar-refractivity contribution >= 4 is 11.3 Å². The minimum Gasteiger partial charge on any atom is -0.497 e. The summed E-state index contributed by atoms with van der Waals surface area (Å²) in [5.41, 5.74) is 3.03. The number of rotatable bonds is 4. The number of allylic oxidation sites excluding steroid dienone is 1. The van der Waals surface area contributed by atoms with Crippen molar-refractivity contribution in [3.05, 3.63) is 28.4 Å². The van der Waals surface area contributed by atoms with Crippen molar-refractivity contribution in [1.82, 2.24) is 10.3 Å². The molecule has 2 rings (SSSR count). The molecule has 2 heterocycles. The Labute approximate surface area is 94.2 Å². The van der Waals surface area contributed by atoms with Crippen LogP contribution in [0.15, 0.2) is 17.8 Å². The number of hydrogen-bond acceptors (Lipinski definition) is 4. The van der Waals surface area contributed by atoms with Crippen molar-refractivity contribution in [2.45, 2.75) is 32.4 Å². The highest BCUT2D eigenvalue weighted by Crippen LogP contribution is 2.12. The fourth-order valence-electron chi connectivity index (χ4n) is 1.58. The maximum atomic E-state index is 5.47. The van der Waals surface area contributed by atoms with Crippen molar-refractivity contribution in [2.75, 3.05) is 6.54 Å². The highest BCUT2D eigenvalue weighted by Gasteiger charge is 2.10. The van der Waals surface area contributed by atoms with Gasteiger partial charge in [-0.25, -0.2) is 4.98 Å². The summed E-state index contributed by atoms with van der Waals surface area (Å²) >= 11 is 1.71. The molecule has 0 spiro atoms. The predicted molar refractivity (Wildman–Crippen MR) is 61.8 cm³/mol. The van der Waals surface area contributed by atoms with Gasteiger partial charge in [-0.05, 0) is 25.8 Å². The van der Waals surface area contributed by atoms with Gasteiger partial charge in [0.15, 0.2) is 0 Å². The molecule has 0 saturated carbocycles. The summed E-state index contributed by atoms with van der Waals surface area (Å²) in [5.74, 6) is 0. The normalized spacial score (nSPS) is 20.2. The summed E-state index contributed by atoms with van der Waals surface area (Å²) in [5, 5.41) is 3.41. The Morgan fingerprint density at radius 1 is 1.67 bits per heavy atom. The molecule has 15 heavy (non-hydrogen) atoms. The molecular weight excluding hydrogens is 208 g/mol. The summed E-state index contributed by atoms with van der Waals surface area (Å²) in [6.07, 6.45) is 6.47. The van der Waals surface area contributed by atoms with E-state index in [0.29, 0.717) is 6.10 Å². The van der Waals surface area contributed by atoms with Gasteiger partial charge >= 0.3 is 0 Å². The molecule has 1 aliphatic rings. The predicted octanol–water partition coefficient (Wildman–Crippen LogP) is 2.23. The Bertz CT molecular complexity index is 335. The molecule has 0 aliphatic carbocycles. The Balaban J connectivity index is 1.71. The SMILES string of the molecule is Cc1ncsc1CNCC1CCC=CO1. The van der Waals surface area contributed by atoms with E-state index in [4.69, 9.17) is 4.74 Å². The minimum absolute atomic E-state index is 0.336. The fourth-order valence-corrected chi connectivity index (χ4v) is 2.32. The first-order valence-corrected chi connectivity index (χ1v) is 6.14. The molecule has 0 fully saturated rings. The number of aromatic nitrogens is 1. The van der Waals surface area contributed by atoms with E-state index < -0.39 is 0 Å². The molecule has 1 N–H and O–H groups in total. The Morgan fingerprint density at radius 2 is 2.60 bits per heavy atom. The lowest BCUT2D eigenvalue weighted by molar-refractivity contribution is 0.122. The Kier molecular flexibility index (Phi) is 3.75. The second kappa shape index (κ2) is 5.28. The van der Waals surface area contributed by atoms with Crippen LogP contribution >= 0.6 is 11.3 Å². The van der Waals surface area contributed by atoms with Crippen LogP contribution in [0.1, 0.15) is 23.4 Å². The first-order chi connectivity index (χ1) is 7.36. The number of aryl methyl sites for hydroxylation is 1. The van der Waals surface area contributed by atoms with E-state index in [0.717, 1.165) is 31.6 Å². The van der Waals surface area contributed by atoms with Crippen molar-refractivity contribution in [3.63, 3.8) is 0 Å². The maximum absolute atomic E-state index is 5.47. The van der Waals surface area contributed by atoms with Gasteiger partial charge in [0.05, 0.1) is 17.5 Å². The van der Waals surface area contributed by atoms with Gasteiger partial charge in [-0.3, -0.25) is 0 Å². The summed E-state index contributed by atoms with van der Waals surface area (Å²) in [4.78, 5) is 5.54. The zero-order valence-electron chi connectivity index (χ0n) is 8.90. The average molecular weight is 224 g/mol. The molecule has 0 bridgehead atoms. The van der Waals surface area contributed by atoms with Crippen LogP contribution in [0.25, 0.3) is 0 Å². The van der Waals surface area contributed by atoms with Crippen molar-refractivity contribution in [2.24, 2.45) is 0 Å². The highest BCUT2D eigenvalue weighted by atomic mass is 32.1. The van der Waals surface area contributed by atoms with Gasteiger partial charge in [-0.15, -0.1) is 11.3 Å². The lowest BCUT2D eigenvalue weighted by atomic mass is 10.1. The molecule has 3 nitrogen and oxygen atoms in total. The van der Waals surface area contributed by atoms with Gasteiger partial charge in [-0.2, -0.15) is 0 Å². The van der Waals surface area contributed by atoms with E-state index in [9.17, 15) is 0 Å². The van der Waals surface area contributed by atoms with E-state index in [1.165, 1.54) is 4.88 Å². The lowest BCUT2D eigenvalue weighted by Gasteiger charge is -2.19. The number of thiazole rings is 1. The second-order valence-electron chi connectivity index (χ2n) is 3.70. The molecule has 0 radical (unpaired) electrons. The maximum Gasteiger partial charge on any atom is 0.110 e. The molecule has 1 unspecified atom stereocenters. The Hall–Kier alpha value is -0.870. The van der Waals surface area contributed by atoms with Crippen LogP contribution in [0.3, 0.4) is 0 Å². The topological polar surface area (TPSA) is 34.2 Å². The van der Waals surface area contributed by atoms with Crippen LogP contribution in [0.2, 0.25) is 0 Å². The first kappa shape index (κ1) is 10.6. The van der Waals surface area contributed by atoms with Crippen molar-refractivity contribution < 1.29 is 4.74 Å². The zero-order chi connectivity index (χ0) is 10.5. The first-order valence-electron chi connectivity index (χ1n) is 5.26. The van der Waals surface area contributed by atoms with Gasteiger partial charge in [0.25, 0.3) is 0 Å². The number of ether oxygens (including phenoxy) is 1. The molecule has 1 aromatic heterocycles. The Morgan fingerprint density at radius 3 is 3.27 bits per heavy atom. The quantitative estimate of drug-likeness (QED) is 0.851. The molecule has 0 amide bonds. The number of hydrogen-bond donors (Lipinski definition) is 1. The molecule has 0 saturated heterocycles. The zero-order valence-corrected chi connectivity index (χ0v) is 9.72. The number of nitrogens with one attached hydrogen (secondary N) is 1. The van der Waals surface area contributed by atoms with Crippen LogP contribution in [0.4, 0.5) is 0 Å². The van der Waals surface area contributed by atoms with E-state index in [2.05, 4.69) is 16.4 Å². The van der Waals surface area contributed by atoms with Gasteiger partial charge in [0.2, 0.25) is 0 Å². The summed E-state index contributed by atoms with van der Waals surface area (Å²) < 4.78 is 5.47. The molecule has 0 aromatic carbocycles. The average Bonchev–Trinajstić information content (AvgIpc) is 2.66. The van der Waals surface area contributed by atoms with Crippen molar-refractivity contribution in [1.29, 1.82) is 0 Å². The number of nitrogens with zero attached hydrogens (tertiary/aromatic N) is 1. The summed E-state index contributed by atoms with van der Waals surface area (Å²) in [6, 6.07) is 0. The summed E-state index contributed by atoms with van der Waals surface area (Å²) in [6.45, 7) is 3.87. The largest absolute Gasteiger partial charge is 0.497 e. The van der Waals surface area contributed by atoms with Crippen LogP contribution in [-0.2, 0) is 11.3 Å². The minimum atomic E-state index is 0.336. The second-order valence-corrected chi connectivity index (χ2v) is 4.64. The van der Waals surface area contributed by atoms with Crippen molar-refractivity contribution in [3.8, 4) is 0 Å². The molecule has 1 aromatic rings. The molecule has 1 aliphatic heterocycles. The third-order valence-electron chi connectivity index (χ3n) is 2.52. The summed E-state index contributed by atoms with van der Waals surface area (Å²) in [7, 11) is 0. The standard InChI is InChI=1S/C11H16N2OS/c1-9-11(15-8-13-9)7-12-6-10-4-2-3-5-14-10/h3,5,8,10,12H,2,4,6-7H2,1H3. The van der Waals surface area contributed by atoms with E-state index in [1.54, 1.807) is 11.3 Å². The van der Waals surface area contributed by atoms with E-state index in [1.807, 2.05) is 18.7 Å². The smallest absolute Gasteiger partial charge is 0.110 e. The third-order valence-corrected chi connectivity index (χ3v) is 3.46. The highest BCUT2D eigenvalue weighted by molar-refractivity contribution is 7.09. The molecule has 4 heteroatoms. The molecular formula is C11H16N2OS. The molecule has 1 atom stereocenters. The van der Waals surface area contributed by atoms with Crippen LogP contribution in [-0.4, -0.2) is 17.6 Å². The lowest BCUT2D eigenvalue weighted by Crippen LogP contribution is -2.28. The monoisotopic (exact) mass is 224 g/mol. The van der Waals surface area contributed by atoms with E-state index in [-0.39, 0.29) is 0 Å². The fraction of sp³-hybridized carbons (Fsp3) is 0.545. The van der Waals surface area contributed by atoms with Gasteiger partial charge in [-0.1, -0.05) is 0 Å².